The number of anilines is 1. The predicted molar refractivity (Wildman–Crippen MR) is 124 cm³/mol. The molecule has 5 rings (SSSR count). The zero-order chi connectivity index (χ0) is 24.6. The van der Waals surface area contributed by atoms with Crippen LogP contribution in [0.1, 0.15) is 46.4 Å². The first kappa shape index (κ1) is 23.1. The SMILES string of the molecule is O=C(Nc1c2c(nn1-c1ccccc1)CCC2)C1CCN(C(=O)c2ccc(C(F)(F)F)cc2)CC1. The Hall–Kier alpha value is -3.62. The maximum atomic E-state index is 13.2. The van der Waals surface area contributed by atoms with Gasteiger partial charge < -0.3 is 10.2 Å². The molecule has 6 nitrogen and oxygen atoms in total. The monoisotopic (exact) mass is 482 g/mol. The Morgan fingerprint density at radius 1 is 0.943 bits per heavy atom. The molecule has 1 saturated heterocycles. The number of benzene rings is 2. The van der Waals surface area contributed by atoms with Crippen molar-refractivity contribution < 1.29 is 22.8 Å². The van der Waals surface area contributed by atoms with Crippen LogP contribution in [0.4, 0.5) is 19.0 Å². The molecule has 35 heavy (non-hydrogen) atoms. The summed E-state index contributed by atoms with van der Waals surface area (Å²) in [6.45, 7) is 0.738. The zero-order valence-electron chi connectivity index (χ0n) is 19.0. The van der Waals surface area contributed by atoms with E-state index in [0.717, 1.165) is 54.2 Å². The van der Waals surface area contributed by atoms with E-state index in [-0.39, 0.29) is 23.3 Å². The van der Waals surface area contributed by atoms with Gasteiger partial charge in [0, 0.05) is 30.1 Å². The lowest BCUT2D eigenvalue weighted by atomic mass is 9.95. The van der Waals surface area contributed by atoms with Crippen molar-refractivity contribution in [2.24, 2.45) is 5.92 Å². The van der Waals surface area contributed by atoms with E-state index in [1.807, 2.05) is 30.3 Å². The normalized spacial score (nSPS) is 16.3. The molecule has 2 heterocycles. The third-order valence-electron chi connectivity index (χ3n) is 6.76. The van der Waals surface area contributed by atoms with Gasteiger partial charge in [-0.25, -0.2) is 4.68 Å². The summed E-state index contributed by atoms with van der Waals surface area (Å²) in [5.74, 6) is 0.0377. The Bertz CT molecular complexity index is 1230. The summed E-state index contributed by atoms with van der Waals surface area (Å²) in [7, 11) is 0. The minimum absolute atomic E-state index is 0.0987. The van der Waals surface area contributed by atoms with E-state index in [1.165, 1.54) is 12.1 Å². The van der Waals surface area contributed by atoms with Crippen LogP contribution < -0.4 is 5.32 Å². The zero-order valence-corrected chi connectivity index (χ0v) is 19.0. The maximum Gasteiger partial charge on any atom is 0.416 e. The predicted octanol–water partition coefficient (Wildman–Crippen LogP) is 4.87. The molecule has 1 aliphatic heterocycles. The molecule has 2 aromatic carbocycles. The van der Waals surface area contributed by atoms with Crippen LogP contribution in [-0.4, -0.2) is 39.6 Å². The number of carbonyl (C=O) groups is 2. The van der Waals surface area contributed by atoms with E-state index < -0.39 is 11.7 Å². The number of hydrogen-bond acceptors (Lipinski definition) is 3. The Labute approximate surface area is 200 Å². The number of para-hydroxylation sites is 1. The Kier molecular flexibility index (Phi) is 6.08. The minimum Gasteiger partial charge on any atom is -0.339 e. The molecule has 1 aliphatic carbocycles. The summed E-state index contributed by atoms with van der Waals surface area (Å²) in [4.78, 5) is 27.5. The van der Waals surface area contributed by atoms with Gasteiger partial charge in [-0.1, -0.05) is 18.2 Å². The van der Waals surface area contributed by atoms with Crippen LogP contribution in [0.2, 0.25) is 0 Å². The number of nitrogens with zero attached hydrogens (tertiary/aromatic N) is 3. The Morgan fingerprint density at radius 3 is 2.29 bits per heavy atom. The molecule has 0 unspecified atom stereocenters. The number of rotatable bonds is 4. The fourth-order valence-corrected chi connectivity index (χ4v) is 4.82. The number of aromatic nitrogens is 2. The number of nitrogens with one attached hydrogen (secondary N) is 1. The highest BCUT2D eigenvalue weighted by atomic mass is 19.4. The smallest absolute Gasteiger partial charge is 0.339 e. The van der Waals surface area contributed by atoms with Crippen LogP contribution in [-0.2, 0) is 23.8 Å². The fraction of sp³-hybridized carbons (Fsp3) is 0.346. The highest BCUT2D eigenvalue weighted by Gasteiger charge is 2.32. The summed E-state index contributed by atoms with van der Waals surface area (Å²) >= 11 is 0. The van der Waals surface area contributed by atoms with E-state index in [1.54, 1.807) is 9.58 Å². The highest BCUT2D eigenvalue weighted by molar-refractivity contribution is 5.95. The molecular formula is C26H25F3N4O2. The fourth-order valence-electron chi connectivity index (χ4n) is 4.82. The second-order valence-corrected chi connectivity index (χ2v) is 9.01. The number of fused-ring (bicyclic) bond motifs is 1. The third-order valence-corrected chi connectivity index (χ3v) is 6.76. The van der Waals surface area contributed by atoms with Crippen LogP contribution in [0.3, 0.4) is 0 Å². The first-order valence-electron chi connectivity index (χ1n) is 11.7. The van der Waals surface area contributed by atoms with E-state index in [4.69, 9.17) is 5.10 Å². The minimum atomic E-state index is -4.44. The summed E-state index contributed by atoms with van der Waals surface area (Å²) in [6.07, 6.45) is -0.690. The molecule has 0 radical (unpaired) electrons. The van der Waals surface area contributed by atoms with Gasteiger partial charge in [0.05, 0.1) is 16.9 Å². The molecule has 0 saturated carbocycles. The van der Waals surface area contributed by atoms with Gasteiger partial charge in [0.15, 0.2) is 0 Å². The number of aryl methyl sites for hydroxylation is 1. The quantitative estimate of drug-likeness (QED) is 0.577. The van der Waals surface area contributed by atoms with Crippen molar-refractivity contribution in [3.8, 4) is 5.69 Å². The molecule has 1 fully saturated rings. The van der Waals surface area contributed by atoms with Crippen molar-refractivity contribution in [2.45, 2.75) is 38.3 Å². The Balaban J connectivity index is 1.24. The number of piperidine rings is 1. The number of amides is 2. The summed E-state index contributed by atoms with van der Waals surface area (Å²) in [6, 6.07) is 13.9. The van der Waals surface area contributed by atoms with Gasteiger partial charge >= 0.3 is 6.18 Å². The largest absolute Gasteiger partial charge is 0.416 e. The van der Waals surface area contributed by atoms with E-state index in [2.05, 4.69) is 5.32 Å². The van der Waals surface area contributed by atoms with Crippen molar-refractivity contribution in [2.75, 3.05) is 18.4 Å². The van der Waals surface area contributed by atoms with Gasteiger partial charge in [0.1, 0.15) is 5.82 Å². The third kappa shape index (κ3) is 4.67. The van der Waals surface area contributed by atoms with E-state index in [9.17, 15) is 22.8 Å². The van der Waals surface area contributed by atoms with E-state index >= 15 is 0 Å². The van der Waals surface area contributed by atoms with Gasteiger partial charge in [-0.05, 0) is 68.5 Å². The van der Waals surface area contributed by atoms with E-state index in [0.29, 0.717) is 25.9 Å². The van der Waals surface area contributed by atoms with Crippen LogP contribution in [0.25, 0.3) is 5.69 Å². The van der Waals surface area contributed by atoms with Crippen molar-refractivity contribution >= 4 is 17.6 Å². The lowest BCUT2D eigenvalue weighted by Gasteiger charge is -2.31. The number of hydrogen-bond donors (Lipinski definition) is 1. The van der Waals surface area contributed by atoms with Gasteiger partial charge in [-0.3, -0.25) is 9.59 Å². The van der Waals surface area contributed by atoms with Crippen molar-refractivity contribution in [3.63, 3.8) is 0 Å². The van der Waals surface area contributed by atoms with Crippen LogP contribution in [0, 0.1) is 5.92 Å². The van der Waals surface area contributed by atoms with Crippen LogP contribution in [0.15, 0.2) is 54.6 Å². The van der Waals surface area contributed by atoms with Gasteiger partial charge in [-0.2, -0.15) is 18.3 Å². The highest BCUT2D eigenvalue weighted by Crippen LogP contribution is 2.32. The molecular weight excluding hydrogens is 457 g/mol. The molecule has 2 amide bonds. The number of halogens is 3. The first-order valence-corrected chi connectivity index (χ1v) is 11.7. The van der Waals surface area contributed by atoms with Gasteiger partial charge in [0.2, 0.25) is 5.91 Å². The number of carbonyl (C=O) groups excluding carboxylic acids is 2. The van der Waals surface area contributed by atoms with Crippen LogP contribution >= 0.6 is 0 Å². The molecule has 1 aromatic heterocycles. The van der Waals surface area contributed by atoms with Crippen molar-refractivity contribution in [1.29, 1.82) is 0 Å². The molecule has 0 spiro atoms. The topological polar surface area (TPSA) is 67.2 Å². The maximum absolute atomic E-state index is 13.2. The molecule has 1 N–H and O–H groups in total. The second kappa shape index (κ2) is 9.20. The summed E-state index contributed by atoms with van der Waals surface area (Å²) < 4.78 is 40.2. The molecule has 182 valence electrons. The summed E-state index contributed by atoms with van der Waals surface area (Å²) in [5, 5.41) is 7.83. The average molecular weight is 483 g/mol. The summed E-state index contributed by atoms with van der Waals surface area (Å²) in [5.41, 5.74) is 2.40. The molecule has 3 aromatic rings. The lowest BCUT2D eigenvalue weighted by molar-refractivity contribution is -0.137. The second-order valence-electron chi connectivity index (χ2n) is 9.01. The average Bonchev–Trinajstić information content (AvgIpc) is 3.46. The lowest BCUT2D eigenvalue weighted by Crippen LogP contribution is -2.41. The van der Waals surface area contributed by atoms with Gasteiger partial charge in [-0.15, -0.1) is 0 Å². The molecule has 2 aliphatic rings. The standard InChI is InChI=1S/C26H25F3N4O2/c27-26(28,29)19-11-9-18(10-12-19)25(35)32-15-13-17(14-16-32)24(34)30-23-21-7-4-8-22(21)31-33(23)20-5-2-1-3-6-20/h1-3,5-6,9-12,17H,4,7-8,13-16H2,(H,30,34). The van der Waals surface area contributed by atoms with Crippen molar-refractivity contribution in [1.82, 2.24) is 14.7 Å². The number of likely N-dealkylation sites (tertiary alicyclic amines) is 1. The first-order chi connectivity index (χ1) is 16.8. The van der Waals surface area contributed by atoms with Crippen molar-refractivity contribution in [3.05, 3.63) is 77.0 Å². The van der Waals surface area contributed by atoms with Crippen LogP contribution in [0.5, 0.6) is 0 Å². The Morgan fingerprint density at radius 2 is 1.63 bits per heavy atom. The molecule has 0 bridgehead atoms. The number of alkyl halides is 3. The van der Waals surface area contributed by atoms with Gasteiger partial charge in [0.25, 0.3) is 5.91 Å². The molecule has 0 atom stereocenters. The molecule has 9 heteroatoms.